The van der Waals surface area contributed by atoms with E-state index >= 15 is 0 Å². The van der Waals surface area contributed by atoms with Crippen molar-refractivity contribution in [2.75, 3.05) is 13.2 Å². The smallest absolute Gasteiger partial charge is 0.295 e. The fraction of sp³-hybridized carbons (Fsp3) is 0.233. The van der Waals surface area contributed by atoms with Gasteiger partial charge in [0.25, 0.3) is 11.7 Å². The van der Waals surface area contributed by atoms with Crippen molar-refractivity contribution in [2.24, 2.45) is 0 Å². The highest BCUT2D eigenvalue weighted by atomic mass is 16.5. The highest BCUT2D eigenvalue weighted by molar-refractivity contribution is 6.46. The van der Waals surface area contributed by atoms with E-state index in [0.717, 1.165) is 11.1 Å². The second-order valence-corrected chi connectivity index (χ2v) is 9.32. The summed E-state index contributed by atoms with van der Waals surface area (Å²) in [5.74, 6) is -1.63. The van der Waals surface area contributed by atoms with Gasteiger partial charge in [0, 0.05) is 12.7 Å². The molecule has 5 rings (SSSR count). The molecule has 1 aliphatic heterocycles. The molecule has 2 aromatic heterocycles. The van der Waals surface area contributed by atoms with Crippen LogP contribution in [-0.4, -0.2) is 49.3 Å². The lowest BCUT2D eigenvalue weighted by Crippen LogP contribution is -2.31. The van der Waals surface area contributed by atoms with E-state index in [1.807, 2.05) is 66.9 Å². The van der Waals surface area contributed by atoms with Crippen molar-refractivity contribution in [1.29, 1.82) is 0 Å². The fourth-order valence-electron chi connectivity index (χ4n) is 5.00. The van der Waals surface area contributed by atoms with Gasteiger partial charge in [-0.25, -0.2) is 4.98 Å². The Morgan fingerprint density at radius 2 is 1.82 bits per heavy atom. The number of ether oxygens (including phenoxy) is 1. The maximum atomic E-state index is 13.5. The molecule has 1 fully saturated rings. The van der Waals surface area contributed by atoms with Crippen LogP contribution in [0.1, 0.15) is 41.0 Å². The number of ketones is 1. The molecule has 1 amide bonds. The third-order valence-corrected chi connectivity index (χ3v) is 6.93. The van der Waals surface area contributed by atoms with Crippen LogP contribution in [0.15, 0.2) is 72.4 Å². The second-order valence-electron chi connectivity index (χ2n) is 9.32. The normalized spacial score (nSPS) is 16.9. The van der Waals surface area contributed by atoms with Crippen LogP contribution >= 0.6 is 0 Å². The van der Waals surface area contributed by atoms with Crippen molar-refractivity contribution in [1.82, 2.24) is 14.3 Å². The minimum atomic E-state index is -0.885. The molecule has 1 unspecified atom stereocenters. The number of rotatable bonds is 7. The molecule has 3 heterocycles. The van der Waals surface area contributed by atoms with Crippen molar-refractivity contribution < 1.29 is 24.5 Å². The third kappa shape index (κ3) is 4.28. The van der Waals surface area contributed by atoms with E-state index in [1.54, 1.807) is 19.1 Å². The summed E-state index contributed by atoms with van der Waals surface area (Å²) in [6, 6.07) is 17.3. The number of nitrogens with zero attached hydrogens (tertiary/aromatic N) is 3. The monoisotopic (exact) mass is 511 g/mol. The van der Waals surface area contributed by atoms with Crippen LogP contribution in [-0.2, 0) is 16.0 Å². The molecule has 1 saturated heterocycles. The highest BCUT2D eigenvalue weighted by Crippen LogP contribution is 2.42. The first-order valence-electron chi connectivity index (χ1n) is 12.5. The lowest BCUT2D eigenvalue weighted by atomic mass is 9.95. The fourth-order valence-corrected chi connectivity index (χ4v) is 5.00. The number of carbonyl (C=O) groups is 2. The second kappa shape index (κ2) is 10.0. The lowest BCUT2D eigenvalue weighted by molar-refractivity contribution is -0.139. The molecule has 0 spiro atoms. The zero-order valence-electron chi connectivity index (χ0n) is 21.5. The number of phenolic OH excluding ortho intramolecular Hbond substituents is 1. The van der Waals surface area contributed by atoms with Crippen molar-refractivity contribution in [2.45, 2.75) is 33.2 Å². The Bertz CT molecular complexity index is 1570. The standard InChI is InChI=1S/C30H29N3O5/c1-4-38-23-17-21(12-13-22(23)34)26-24(27(35)25-19(3)32-15-8-9-18(2)29(32)31-25)28(36)30(37)33(26)16-14-20-10-6-5-7-11-20/h5-13,15,17,26,34-35H,4,14,16H2,1-3H3. The number of fused-ring (bicyclic) bond motifs is 1. The molecule has 1 aliphatic rings. The van der Waals surface area contributed by atoms with E-state index in [9.17, 15) is 19.8 Å². The van der Waals surface area contributed by atoms with E-state index in [-0.39, 0.29) is 35.1 Å². The van der Waals surface area contributed by atoms with Gasteiger partial charge in [-0.3, -0.25) is 9.59 Å². The maximum Gasteiger partial charge on any atom is 0.295 e. The number of aryl methyl sites for hydroxylation is 2. The van der Waals surface area contributed by atoms with E-state index in [0.29, 0.717) is 29.9 Å². The topological polar surface area (TPSA) is 104 Å². The zero-order chi connectivity index (χ0) is 27.0. The molecule has 2 N–H and O–H groups in total. The molecule has 0 saturated carbocycles. The number of aromatic nitrogens is 2. The molecule has 4 aromatic rings. The number of likely N-dealkylation sites (tertiary alicyclic amines) is 1. The SMILES string of the molecule is CCOc1cc(C2C(=C(O)c3nc4c(C)cccn4c3C)C(=O)C(=O)N2CCc2ccccc2)ccc1O. The summed E-state index contributed by atoms with van der Waals surface area (Å²) < 4.78 is 7.42. The van der Waals surface area contributed by atoms with Gasteiger partial charge in [-0.15, -0.1) is 0 Å². The number of amides is 1. The Morgan fingerprint density at radius 3 is 2.53 bits per heavy atom. The predicted octanol–water partition coefficient (Wildman–Crippen LogP) is 4.72. The van der Waals surface area contributed by atoms with Crippen molar-refractivity contribution in [3.05, 3.63) is 101 Å². The van der Waals surface area contributed by atoms with Crippen LogP contribution < -0.4 is 4.74 Å². The molecule has 2 aromatic carbocycles. The number of phenols is 1. The number of carbonyl (C=O) groups excluding carboxylic acids is 2. The van der Waals surface area contributed by atoms with Crippen molar-refractivity contribution in [3.8, 4) is 11.5 Å². The molecule has 0 radical (unpaired) electrons. The first-order valence-corrected chi connectivity index (χ1v) is 12.5. The summed E-state index contributed by atoms with van der Waals surface area (Å²) in [5.41, 5.74) is 3.97. The molecular formula is C30H29N3O5. The Hall–Kier alpha value is -4.59. The molecule has 1 atom stereocenters. The van der Waals surface area contributed by atoms with E-state index in [1.165, 1.54) is 11.0 Å². The van der Waals surface area contributed by atoms with Gasteiger partial charge in [0.15, 0.2) is 17.3 Å². The first-order chi connectivity index (χ1) is 18.3. The van der Waals surface area contributed by atoms with Crippen molar-refractivity contribution >= 4 is 23.1 Å². The van der Waals surface area contributed by atoms with Gasteiger partial charge in [-0.1, -0.05) is 42.5 Å². The minimum absolute atomic E-state index is 0.0413. The van der Waals surface area contributed by atoms with Crippen LogP contribution in [0.25, 0.3) is 11.4 Å². The summed E-state index contributed by atoms with van der Waals surface area (Å²) >= 11 is 0. The number of Topliss-reactive ketones (excluding diaryl/α,β-unsaturated/α-hetero) is 1. The lowest BCUT2D eigenvalue weighted by Gasteiger charge is -2.26. The summed E-state index contributed by atoms with van der Waals surface area (Å²) in [7, 11) is 0. The summed E-state index contributed by atoms with van der Waals surface area (Å²) in [6.07, 6.45) is 2.36. The Kier molecular flexibility index (Phi) is 6.63. The van der Waals surface area contributed by atoms with Gasteiger partial charge in [-0.2, -0.15) is 0 Å². The molecule has 0 aliphatic carbocycles. The van der Waals surface area contributed by atoms with Crippen LogP contribution in [0.2, 0.25) is 0 Å². The maximum absolute atomic E-state index is 13.5. The number of aromatic hydroxyl groups is 1. The molecule has 8 nitrogen and oxygen atoms in total. The van der Waals surface area contributed by atoms with Crippen LogP contribution in [0, 0.1) is 13.8 Å². The summed E-state index contributed by atoms with van der Waals surface area (Å²) in [6.45, 7) is 6.10. The number of aliphatic hydroxyl groups is 1. The van der Waals surface area contributed by atoms with E-state index < -0.39 is 17.7 Å². The summed E-state index contributed by atoms with van der Waals surface area (Å²) in [5, 5.41) is 21.8. The number of hydrogen-bond acceptors (Lipinski definition) is 6. The number of pyridine rings is 1. The van der Waals surface area contributed by atoms with E-state index in [4.69, 9.17) is 4.74 Å². The number of hydrogen-bond donors (Lipinski definition) is 2. The third-order valence-electron chi connectivity index (χ3n) is 6.93. The Balaban J connectivity index is 1.67. The van der Waals surface area contributed by atoms with Gasteiger partial charge >= 0.3 is 0 Å². The molecule has 38 heavy (non-hydrogen) atoms. The first kappa shape index (κ1) is 25.1. The number of benzene rings is 2. The van der Waals surface area contributed by atoms with Crippen LogP contribution in [0.3, 0.4) is 0 Å². The van der Waals surface area contributed by atoms with Crippen LogP contribution in [0.5, 0.6) is 11.5 Å². The summed E-state index contributed by atoms with van der Waals surface area (Å²) in [4.78, 5) is 32.9. The molecule has 8 heteroatoms. The van der Waals surface area contributed by atoms with Gasteiger partial charge < -0.3 is 24.3 Å². The van der Waals surface area contributed by atoms with Crippen molar-refractivity contribution in [3.63, 3.8) is 0 Å². The predicted molar refractivity (Wildman–Crippen MR) is 143 cm³/mol. The average Bonchev–Trinajstić information content (AvgIpc) is 3.39. The Labute approximate surface area is 220 Å². The highest BCUT2D eigenvalue weighted by Gasteiger charge is 2.46. The number of imidazole rings is 1. The molecule has 0 bridgehead atoms. The van der Waals surface area contributed by atoms with E-state index in [2.05, 4.69) is 4.98 Å². The minimum Gasteiger partial charge on any atom is -0.505 e. The zero-order valence-corrected chi connectivity index (χ0v) is 21.5. The number of aliphatic hydroxyl groups excluding tert-OH is 1. The Morgan fingerprint density at radius 1 is 1.05 bits per heavy atom. The molecular weight excluding hydrogens is 482 g/mol. The van der Waals surface area contributed by atoms with Gasteiger partial charge in [0.05, 0.1) is 23.9 Å². The van der Waals surface area contributed by atoms with Gasteiger partial charge in [0.2, 0.25) is 0 Å². The quantitative estimate of drug-likeness (QED) is 0.211. The average molecular weight is 512 g/mol. The van der Waals surface area contributed by atoms with Crippen LogP contribution in [0.4, 0.5) is 0 Å². The van der Waals surface area contributed by atoms with Gasteiger partial charge in [0.1, 0.15) is 11.3 Å². The largest absolute Gasteiger partial charge is 0.505 e. The molecule has 194 valence electrons. The van der Waals surface area contributed by atoms with Gasteiger partial charge in [-0.05, 0) is 62.1 Å².